The Labute approximate surface area is 246 Å². The zero-order valence-electron chi connectivity index (χ0n) is 27.2. The van der Waals surface area contributed by atoms with Crippen LogP contribution in [0.15, 0.2) is 24.3 Å². The van der Waals surface area contributed by atoms with Crippen molar-refractivity contribution >= 4 is 11.9 Å². The molecule has 0 aliphatic carbocycles. The van der Waals surface area contributed by atoms with Crippen LogP contribution in [0.25, 0.3) is 0 Å². The highest BCUT2D eigenvalue weighted by Crippen LogP contribution is 2.42. The number of benzene rings is 2. The molecular formula is C35H52O6. The monoisotopic (exact) mass is 568 g/mol. The maximum atomic E-state index is 12.5. The molecule has 0 aliphatic rings. The van der Waals surface area contributed by atoms with E-state index in [-0.39, 0.29) is 52.4 Å². The second kappa shape index (κ2) is 11.7. The molecule has 2 rings (SSSR count). The molecule has 0 spiro atoms. The summed E-state index contributed by atoms with van der Waals surface area (Å²) in [5.41, 5.74) is 3.05. The van der Waals surface area contributed by atoms with Gasteiger partial charge in [-0.3, -0.25) is 9.59 Å². The Morgan fingerprint density at radius 1 is 0.537 bits per heavy atom. The molecule has 4 N–H and O–H groups in total. The van der Waals surface area contributed by atoms with Crippen molar-refractivity contribution in [2.45, 2.75) is 124 Å². The van der Waals surface area contributed by atoms with Crippen LogP contribution in [-0.4, -0.2) is 32.4 Å². The number of hydrogen-bond donors (Lipinski definition) is 4. The van der Waals surface area contributed by atoms with Crippen LogP contribution in [0.1, 0.15) is 123 Å². The molecule has 0 aliphatic heterocycles. The van der Waals surface area contributed by atoms with Gasteiger partial charge in [-0.1, -0.05) is 107 Å². The van der Waals surface area contributed by atoms with Gasteiger partial charge in [0, 0.05) is 0 Å². The Kier molecular flexibility index (Phi) is 9.75. The first kappa shape index (κ1) is 34.2. The summed E-state index contributed by atoms with van der Waals surface area (Å²) in [7, 11) is 0. The average Bonchev–Trinajstić information content (AvgIpc) is 2.76. The van der Waals surface area contributed by atoms with Crippen LogP contribution in [0.5, 0.6) is 11.5 Å². The van der Waals surface area contributed by atoms with Gasteiger partial charge in [-0.15, -0.1) is 0 Å². The van der Waals surface area contributed by atoms with E-state index in [0.29, 0.717) is 0 Å². The first-order valence-corrected chi connectivity index (χ1v) is 14.5. The molecule has 0 bridgehead atoms. The van der Waals surface area contributed by atoms with Crippen molar-refractivity contribution in [2.75, 3.05) is 0 Å². The Balaban J connectivity index is 2.54. The van der Waals surface area contributed by atoms with Gasteiger partial charge < -0.3 is 20.4 Å². The molecule has 0 saturated carbocycles. The molecular weight excluding hydrogens is 516 g/mol. The van der Waals surface area contributed by atoms with Crippen LogP contribution < -0.4 is 0 Å². The smallest absolute Gasteiger partial charge is 0.306 e. The van der Waals surface area contributed by atoms with E-state index in [1.165, 1.54) is 0 Å². The standard InChI is InChI=1S/C35H52O6/c1-32(2,3)24-15-20(16-25(28(24)36)33(4,5)6)13-22(30(38)39)19-23(31(40)41)14-21-17-26(34(7,8)9)29(37)27(18-21)35(10,11)12/h15-18,22-23,36-37H,13-14,19H2,1-12H3,(H,38,39)(H,40,41). The van der Waals surface area contributed by atoms with Crippen molar-refractivity contribution in [3.63, 3.8) is 0 Å². The fraction of sp³-hybridized carbons (Fsp3) is 0.600. The first-order valence-electron chi connectivity index (χ1n) is 14.5. The van der Waals surface area contributed by atoms with Crippen LogP contribution in [0.2, 0.25) is 0 Å². The van der Waals surface area contributed by atoms with Crippen LogP contribution in [0.4, 0.5) is 0 Å². The lowest BCUT2D eigenvalue weighted by molar-refractivity contribution is -0.145. The summed E-state index contributed by atoms with van der Waals surface area (Å²) in [6.45, 7) is 24.0. The fourth-order valence-electron chi connectivity index (χ4n) is 5.37. The molecule has 2 unspecified atom stereocenters. The summed E-state index contributed by atoms with van der Waals surface area (Å²) in [4.78, 5) is 25.0. The van der Waals surface area contributed by atoms with Crippen molar-refractivity contribution in [1.82, 2.24) is 0 Å². The van der Waals surface area contributed by atoms with E-state index in [2.05, 4.69) is 0 Å². The number of carboxylic acid groups (broad SMARTS) is 2. The lowest BCUT2D eigenvalue weighted by atomic mass is 9.76. The number of aromatic hydroxyl groups is 2. The summed E-state index contributed by atoms with van der Waals surface area (Å²) in [6.07, 6.45) is 0.265. The van der Waals surface area contributed by atoms with Gasteiger partial charge in [-0.05, 0) is 74.3 Å². The van der Waals surface area contributed by atoms with Crippen LogP contribution in [0, 0.1) is 11.8 Å². The molecule has 0 amide bonds. The van der Waals surface area contributed by atoms with E-state index >= 15 is 0 Å². The minimum atomic E-state index is -1.05. The normalized spacial score (nSPS) is 14.5. The summed E-state index contributed by atoms with van der Waals surface area (Å²) in [5.74, 6) is -3.50. The number of phenols is 2. The van der Waals surface area contributed by atoms with Gasteiger partial charge in [0.2, 0.25) is 0 Å². The molecule has 2 atom stereocenters. The zero-order valence-corrected chi connectivity index (χ0v) is 27.2. The van der Waals surface area contributed by atoms with Crippen molar-refractivity contribution in [2.24, 2.45) is 11.8 Å². The SMILES string of the molecule is CC(C)(C)c1cc(CC(CC(Cc2cc(C(C)(C)C)c(O)c(C(C)(C)C)c2)C(=O)O)C(=O)O)cc(C(C)(C)C)c1O. The van der Waals surface area contributed by atoms with Gasteiger partial charge in [0.1, 0.15) is 11.5 Å². The second-order valence-electron chi connectivity index (χ2n) is 15.8. The van der Waals surface area contributed by atoms with E-state index in [0.717, 1.165) is 33.4 Å². The van der Waals surface area contributed by atoms with Gasteiger partial charge in [-0.2, -0.15) is 0 Å². The maximum Gasteiger partial charge on any atom is 0.306 e. The topological polar surface area (TPSA) is 115 Å². The molecule has 0 heterocycles. The average molecular weight is 569 g/mol. The predicted molar refractivity (Wildman–Crippen MR) is 165 cm³/mol. The van der Waals surface area contributed by atoms with E-state index in [1.807, 2.05) is 107 Å². The molecule has 0 radical (unpaired) electrons. The second-order valence-corrected chi connectivity index (χ2v) is 15.8. The van der Waals surface area contributed by atoms with Crippen LogP contribution in [-0.2, 0) is 44.1 Å². The quantitative estimate of drug-likeness (QED) is 0.258. The predicted octanol–water partition coefficient (Wildman–Crippen LogP) is 7.86. The molecule has 6 nitrogen and oxygen atoms in total. The van der Waals surface area contributed by atoms with E-state index in [4.69, 9.17) is 0 Å². The molecule has 2 aromatic rings. The number of carbonyl (C=O) groups is 2. The number of rotatable bonds is 8. The van der Waals surface area contributed by atoms with Crippen molar-refractivity contribution in [3.05, 3.63) is 57.6 Å². The van der Waals surface area contributed by atoms with Gasteiger partial charge in [0.05, 0.1) is 11.8 Å². The minimum absolute atomic E-state index is 0.0438. The summed E-state index contributed by atoms with van der Waals surface area (Å²) >= 11 is 0. The van der Waals surface area contributed by atoms with Crippen LogP contribution >= 0.6 is 0 Å². The lowest BCUT2D eigenvalue weighted by Crippen LogP contribution is -2.27. The summed E-state index contributed by atoms with van der Waals surface area (Å²) in [5, 5.41) is 42.6. The van der Waals surface area contributed by atoms with Crippen molar-refractivity contribution < 1.29 is 30.0 Å². The molecule has 2 aromatic carbocycles. The first-order chi connectivity index (χ1) is 18.3. The third kappa shape index (κ3) is 8.50. The van der Waals surface area contributed by atoms with Crippen LogP contribution in [0.3, 0.4) is 0 Å². The Bertz CT molecular complexity index is 1110. The molecule has 0 aromatic heterocycles. The highest BCUT2D eigenvalue weighted by molar-refractivity contribution is 5.74. The van der Waals surface area contributed by atoms with Crippen molar-refractivity contribution in [3.8, 4) is 11.5 Å². The summed E-state index contributed by atoms with van der Waals surface area (Å²) < 4.78 is 0. The molecule has 6 heteroatoms. The van der Waals surface area contributed by atoms with Crippen molar-refractivity contribution in [1.29, 1.82) is 0 Å². The zero-order chi connectivity index (χ0) is 31.9. The lowest BCUT2D eigenvalue weighted by Gasteiger charge is -2.29. The Hall–Kier alpha value is -3.02. The van der Waals surface area contributed by atoms with Gasteiger partial charge in [-0.25, -0.2) is 0 Å². The summed E-state index contributed by atoms with van der Waals surface area (Å²) in [6, 6.07) is 7.45. The highest BCUT2D eigenvalue weighted by atomic mass is 16.4. The number of carboxylic acids is 2. The fourth-order valence-corrected chi connectivity index (χ4v) is 5.37. The van der Waals surface area contributed by atoms with Gasteiger partial charge >= 0.3 is 11.9 Å². The minimum Gasteiger partial charge on any atom is -0.507 e. The molecule has 41 heavy (non-hydrogen) atoms. The molecule has 0 saturated heterocycles. The molecule has 0 fully saturated rings. The van der Waals surface area contributed by atoms with Gasteiger partial charge in [0.15, 0.2) is 0 Å². The maximum absolute atomic E-state index is 12.5. The van der Waals surface area contributed by atoms with E-state index < -0.39 is 23.8 Å². The third-order valence-electron chi connectivity index (χ3n) is 7.80. The number of hydrogen-bond acceptors (Lipinski definition) is 4. The number of phenolic OH excluding ortho intramolecular Hbond substituents is 2. The van der Waals surface area contributed by atoms with E-state index in [9.17, 15) is 30.0 Å². The number of aliphatic carboxylic acids is 2. The molecule has 228 valence electrons. The Morgan fingerprint density at radius 3 is 0.927 bits per heavy atom. The Morgan fingerprint density at radius 2 is 0.756 bits per heavy atom. The third-order valence-corrected chi connectivity index (χ3v) is 7.80. The largest absolute Gasteiger partial charge is 0.507 e. The highest BCUT2D eigenvalue weighted by Gasteiger charge is 2.32. The van der Waals surface area contributed by atoms with E-state index in [1.54, 1.807) is 0 Å². The van der Waals surface area contributed by atoms with Gasteiger partial charge in [0.25, 0.3) is 0 Å².